The van der Waals surface area contributed by atoms with E-state index in [-0.39, 0.29) is 0 Å². The van der Waals surface area contributed by atoms with Gasteiger partial charge in [0.1, 0.15) is 5.01 Å². The van der Waals surface area contributed by atoms with Gasteiger partial charge in [0.15, 0.2) is 0 Å². The summed E-state index contributed by atoms with van der Waals surface area (Å²) >= 11 is 1.63. The van der Waals surface area contributed by atoms with Gasteiger partial charge in [0.2, 0.25) is 5.95 Å². The molecule has 0 aliphatic rings. The van der Waals surface area contributed by atoms with Crippen LogP contribution in [-0.2, 0) is 13.1 Å². The SMILES string of the molecule is C=CCn1ccnc1NCc1nccs1. The van der Waals surface area contributed by atoms with E-state index in [1.54, 1.807) is 23.7 Å². The van der Waals surface area contributed by atoms with Gasteiger partial charge >= 0.3 is 0 Å². The van der Waals surface area contributed by atoms with Crippen LogP contribution < -0.4 is 5.32 Å². The average Bonchev–Trinajstić information content (AvgIpc) is 2.85. The van der Waals surface area contributed by atoms with Gasteiger partial charge in [-0.05, 0) is 0 Å². The summed E-state index contributed by atoms with van der Waals surface area (Å²) in [6.45, 7) is 5.18. The Morgan fingerprint density at radius 2 is 2.40 bits per heavy atom. The molecule has 1 N–H and O–H groups in total. The molecule has 0 spiro atoms. The summed E-state index contributed by atoms with van der Waals surface area (Å²) in [6.07, 6.45) is 7.34. The summed E-state index contributed by atoms with van der Waals surface area (Å²) in [4.78, 5) is 8.41. The average molecular weight is 220 g/mol. The first-order chi connectivity index (χ1) is 7.40. The Kier molecular flexibility index (Phi) is 3.14. The maximum Gasteiger partial charge on any atom is 0.203 e. The maximum atomic E-state index is 4.22. The highest BCUT2D eigenvalue weighted by Gasteiger charge is 2.01. The van der Waals surface area contributed by atoms with Gasteiger partial charge in [0.05, 0.1) is 6.54 Å². The fraction of sp³-hybridized carbons (Fsp3) is 0.200. The highest BCUT2D eigenvalue weighted by atomic mass is 32.1. The molecule has 78 valence electrons. The van der Waals surface area contributed by atoms with Crippen molar-refractivity contribution in [3.8, 4) is 0 Å². The molecule has 0 fully saturated rings. The minimum absolute atomic E-state index is 0.714. The second-order valence-corrected chi connectivity index (χ2v) is 3.95. The predicted molar refractivity (Wildman–Crippen MR) is 61.9 cm³/mol. The zero-order chi connectivity index (χ0) is 10.5. The Balaban J connectivity index is 1.98. The standard InChI is InChI=1S/C10H12N4S/c1-2-5-14-6-3-12-10(14)13-8-9-11-4-7-15-9/h2-4,6-7H,1,5,8H2,(H,12,13). The summed E-state index contributed by atoms with van der Waals surface area (Å²) in [6, 6.07) is 0. The number of aromatic nitrogens is 3. The smallest absolute Gasteiger partial charge is 0.203 e. The molecule has 0 atom stereocenters. The van der Waals surface area contributed by atoms with E-state index in [1.807, 2.05) is 22.2 Å². The van der Waals surface area contributed by atoms with Crippen molar-refractivity contribution in [2.45, 2.75) is 13.1 Å². The molecule has 2 aromatic rings. The van der Waals surface area contributed by atoms with Gasteiger partial charge in [-0.25, -0.2) is 9.97 Å². The van der Waals surface area contributed by atoms with Crippen molar-refractivity contribution in [2.24, 2.45) is 0 Å². The molecule has 0 bridgehead atoms. The third-order valence-electron chi connectivity index (χ3n) is 1.92. The predicted octanol–water partition coefficient (Wildman–Crippen LogP) is 2.14. The highest BCUT2D eigenvalue weighted by Crippen LogP contribution is 2.09. The van der Waals surface area contributed by atoms with Crippen molar-refractivity contribution in [3.63, 3.8) is 0 Å². The first-order valence-corrected chi connectivity index (χ1v) is 5.52. The zero-order valence-corrected chi connectivity index (χ0v) is 9.07. The monoisotopic (exact) mass is 220 g/mol. The molecule has 0 saturated heterocycles. The van der Waals surface area contributed by atoms with Crippen molar-refractivity contribution in [2.75, 3.05) is 5.32 Å². The molecule has 0 aliphatic heterocycles. The van der Waals surface area contributed by atoms with Crippen LogP contribution in [0.3, 0.4) is 0 Å². The Bertz CT molecular complexity index is 418. The van der Waals surface area contributed by atoms with Crippen molar-refractivity contribution in [3.05, 3.63) is 41.6 Å². The van der Waals surface area contributed by atoms with Crippen LogP contribution in [0.2, 0.25) is 0 Å². The van der Waals surface area contributed by atoms with Crippen LogP contribution in [-0.4, -0.2) is 14.5 Å². The molecular weight excluding hydrogens is 208 g/mol. The first-order valence-electron chi connectivity index (χ1n) is 4.64. The van der Waals surface area contributed by atoms with Gasteiger partial charge in [-0.1, -0.05) is 6.08 Å². The van der Waals surface area contributed by atoms with Gasteiger partial charge in [0.25, 0.3) is 0 Å². The minimum Gasteiger partial charge on any atom is -0.349 e. The second-order valence-electron chi connectivity index (χ2n) is 2.97. The quantitative estimate of drug-likeness (QED) is 0.785. The highest BCUT2D eigenvalue weighted by molar-refractivity contribution is 7.09. The van der Waals surface area contributed by atoms with Crippen LogP contribution in [0.15, 0.2) is 36.6 Å². The molecule has 5 heteroatoms. The molecule has 15 heavy (non-hydrogen) atoms. The lowest BCUT2D eigenvalue weighted by Gasteiger charge is -2.05. The Morgan fingerprint density at radius 1 is 1.47 bits per heavy atom. The minimum atomic E-state index is 0.714. The number of rotatable bonds is 5. The van der Waals surface area contributed by atoms with E-state index < -0.39 is 0 Å². The third kappa shape index (κ3) is 2.44. The van der Waals surface area contributed by atoms with E-state index in [0.717, 1.165) is 17.5 Å². The number of imidazole rings is 1. The van der Waals surface area contributed by atoms with E-state index in [9.17, 15) is 0 Å². The Morgan fingerprint density at radius 3 is 3.13 bits per heavy atom. The van der Waals surface area contributed by atoms with Gasteiger partial charge in [-0.2, -0.15) is 0 Å². The lowest BCUT2D eigenvalue weighted by molar-refractivity contribution is 0.819. The largest absolute Gasteiger partial charge is 0.349 e. The third-order valence-corrected chi connectivity index (χ3v) is 2.70. The fourth-order valence-electron chi connectivity index (χ4n) is 1.26. The lowest BCUT2D eigenvalue weighted by Crippen LogP contribution is -2.06. The van der Waals surface area contributed by atoms with E-state index in [2.05, 4.69) is 21.9 Å². The number of allylic oxidation sites excluding steroid dienone is 1. The summed E-state index contributed by atoms with van der Waals surface area (Å²) in [5.74, 6) is 0.852. The first kappa shape index (κ1) is 9.92. The van der Waals surface area contributed by atoms with E-state index in [1.165, 1.54) is 0 Å². The maximum absolute atomic E-state index is 4.22. The van der Waals surface area contributed by atoms with Crippen molar-refractivity contribution >= 4 is 17.3 Å². The van der Waals surface area contributed by atoms with Crippen molar-refractivity contribution in [1.29, 1.82) is 0 Å². The molecule has 0 saturated carbocycles. The van der Waals surface area contributed by atoms with E-state index >= 15 is 0 Å². The summed E-state index contributed by atoms with van der Waals surface area (Å²) < 4.78 is 2.00. The summed E-state index contributed by atoms with van der Waals surface area (Å²) in [5.41, 5.74) is 0. The molecule has 2 aromatic heterocycles. The van der Waals surface area contributed by atoms with Crippen LogP contribution in [0.25, 0.3) is 0 Å². The van der Waals surface area contributed by atoms with Gasteiger partial charge in [-0.15, -0.1) is 17.9 Å². The second kappa shape index (κ2) is 4.75. The van der Waals surface area contributed by atoms with E-state index in [4.69, 9.17) is 0 Å². The van der Waals surface area contributed by atoms with Gasteiger partial charge in [0, 0.05) is 30.5 Å². The molecule has 0 aromatic carbocycles. The van der Waals surface area contributed by atoms with Crippen LogP contribution in [0.4, 0.5) is 5.95 Å². The molecular formula is C10H12N4S. The van der Waals surface area contributed by atoms with Crippen molar-refractivity contribution < 1.29 is 0 Å². The molecule has 0 radical (unpaired) electrons. The Hall–Kier alpha value is -1.62. The molecule has 2 heterocycles. The number of hydrogen-bond donors (Lipinski definition) is 1. The number of hydrogen-bond acceptors (Lipinski definition) is 4. The number of anilines is 1. The van der Waals surface area contributed by atoms with Crippen LogP contribution in [0, 0.1) is 0 Å². The summed E-state index contributed by atoms with van der Waals surface area (Å²) in [7, 11) is 0. The molecule has 0 unspecified atom stereocenters. The molecule has 4 nitrogen and oxygen atoms in total. The lowest BCUT2D eigenvalue weighted by atomic mass is 10.6. The van der Waals surface area contributed by atoms with Crippen LogP contribution in [0.1, 0.15) is 5.01 Å². The molecule has 0 amide bonds. The number of thiazole rings is 1. The zero-order valence-electron chi connectivity index (χ0n) is 8.26. The van der Waals surface area contributed by atoms with Gasteiger partial charge < -0.3 is 9.88 Å². The normalized spacial score (nSPS) is 10.1. The molecule has 0 aliphatic carbocycles. The fourth-order valence-corrected chi connectivity index (χ4v) is 1.81. The van der Waals surface area contributed by atoms with Gasteiger partial charge in [-0.3, -0.25) is 0 Å². The van der Waals surface area contributed by atoms with E-state index in [0.29, 0.717) is 6.54 Å². The van der Waals surface area contributed by atoms with Crippen molar-refractivity contribution in [1.82, 2.24) is 14.5 Å². The number of nitrogens with one attached hydrogen (secondary N) is 1. The number of nitrogens with zero attached hydrogens (tertiary/aromatic N) is 3. The summed E-state index contributed by atoms with van der Waals surface area (Å²) in [5, 5.41) is 6.26. The Labute approximate surface area is 92.3 Å². The molecule has 2 rings (SSSR count). The van der Waals surface area contributed by atoms with Crippen LogP contribution in [0.5, 0.6) is 0 Å². The topological polar surface area (TPSA) is 42.7 Å². The van der Waals surface area contributed by atoms with Crippen LogP contribution >= 0.6 is 11.3 Å².